The Morgan fingerprint density at radius 1 is 0.892 bits per heavy atom. The van der Waals surface area contributed by atoms with Gasteiger partial charge in [0.25, 0.3) is 0 Å². The Morgan fingerprint density at radius 3 is 2.39 bits per heavy atom. The lowest BCUT2D eigenvalue weighted by molar-refractivity contribution is -0.320. The van der Waals surface area contributed by atoms with Crippen LogP contribution in [0.2, 0.25) is 18.1 Å². The molecule has 9 saturated heterocycles. The van der Waals surface area contributed by atoms with Crippen LogP contribution in [0.4, 0.5) is 0 Å². The summed E-state index contributed by atoms with van der Waals surface area (Å²) in [6, 6.07) is 6.94. The first kappa shape index (κ1) is 54.9. The van der Waals surface area contributed by atoms with Gasteiger partial charge < -0.3 is 76.5 Å². The van der Waals surface area contributed by atoms with Gasteiger partial charge in [-0.3, -0.25) is 4.79 Å². The molecule has 0 aliphatic carbocycles. The van der Waals surface area contributed by atoms with E-state index in [1.807, 2.05) is 24.3 Å². The fraction of sp³-hybridized carbons (Fsp3) is 0.821. The summed E-state index contributed by atoms with van der Waals surface area (Å²) in [6.45, 7) is 20.5. The van der Waals surface area contributed by atoms with Gasteiger partial charge in [0.1, 0.15) is 48.2 Å². The van der Waals surface area contributed by atoms with Crippen molar-refractivity contribution in [3.63, 3.8) is 0 Å². The fourth-order valence-electron chi connectivity index (χ4n) is 13.4. The van der Waals surface area contributed by atoms with Crippen molar-refractivity contribution in [2.45, 2.75) is 258 Å². The molecule has 9 fully saturated rings. The molecule has 4 bridgehead atoms. The molecule has 0 spiro atoms. The van der Waals surface area contributed by atoms with Crippen LogP contribution >= 0.6 is 0 Å². The lowest BCUT2D eigenvalue weighted by Crippen LogP contribution is -2.68. The average molecular weight is 1060 g/mol. The summed E-state index contributed by atoms with van der Waals surface area (Å²) in [7, 11) is 1.04. The molecule has 9 aliphatic heterocycles. The van der Waals surface area contributed by atoms with Crippen molar-refractivity contribution in [3.8, 4) is 5.75 Å². The number of carbonyl (C=O) groups excluding carboxylic acids is 2. The molecule has 9 aliphatic rings. The monoisotopic (exact) mass is 1060 g/mol. The van der Waals surface area contributed by atoms with E-state index in [2.05, 4.69) is 54.3 Å². The second-order valence-electron chi connectivity index (χ2n) is 24.3. The maximum atomic E-state index is 14.3. The van der Waals surface area contributed by atoms with E-state index < -0.39 is 99.0 Å². The first-order valence-electron chi connectivity index (χ1n) is 27.8. The second-order valence-corrected chi connectivity index (χ2v) is 29.1. The Balaban J connectivity index is 0.843. The van der Waals surface area contributed by atoms with Crippen molar-refractivity contribution >= 4 is 20.6 Å². The molecule has 10 rings (SSSR count). The third kappa shape index (κ3) is 10.6. The molecule has 9 heterocycles. The summed E-state index contributed by atoms with van der Waals surface area (Å²) in [6.07, 6.45) is 0.980. The predicted octanol–water partition coefficient (Wildman–Crippen LogP) is 7.34. The Labute approximate surface area is 439 Å². The van der Waals surface area contributed by atoms with Gasteiger partial charge in [0.05, 0.1) is 93.3 Å². The van der Waals surface area contributed by atoms with Crippen LogP contribution in [0, 0.1) is 5.92 Å². The van der Waals surface area contributed by atoms with Crippen molar-refractivity contribution in [2.75, 3.05) is 27.4 Å². The minimum Gasteiger partial charge on any atom is -0.497 e. The number of carbonyl (C=O) groups is 2. The quantitative estimate of drug-likeness (QED) is 0.0749. The van der Waals surface area contributed by atoms with E-state index in [-0.39, 0.29) is 61.1 Å². The van der Waals surface area contributed by atoms with Gasteiger partial charge in [-0.2, -0.15) is 0 Å². The van der Waals surface area contributed by atoms with Gasteiger partial charge in [0.2, 0.25) is 5.79 Å². The number of hydrogen-bond acceptors (Lipinski definition) is 17. The van der Waals surface area contributed by atoms with Gasteiger partial charge in [-0.25, -0.2) is 0 Å². The van der Waals surface area contributed by atoms with E-state index in [4.69, 9.17) is 71.7 Å². The Kier molecular flexibility index (Phi) is 16.4. The highest BCUT2D eigenvalue weighted by atomic mass is 28.4. The van der Waals surface area contributed by atoms with Crippen LogP contribution in [0.15, 0.2) is 36.4 Å². The van der Waals surface area contributed by atoms with E-state index in [1.165, 1.54) is 0 Å². The summed E-state index contributed by atoms with van der Waals surface area (Å²) in [5.74, 6) is -0.556. The maximum Gasteiger partial charge on any atom is 0.308 e. The van der Waals surface area contributed by atoms with Gasteiger partial charge in [-0.15, -0.1) is 0 Å². The van der Waals surface area contributed by atoms with E-state index in [1.54, 1.807) is 14.2 Å². The predicted molar refractivity (Wildman–Crippen MR) is 272 cm³/mol. The van der Waals surface area contributed by atoms with E-state index >= 15 is 0 Å². The number of methoxy groups -OCH3 is 2. The zero-order valence-electron chi connectivity index (χ0n) is 45.3. The average Bonchev–Trinajstić information content (AvgIpc) is 4.04. The molecule has 0 amide bonds. The molecule has 74 heavy (non-hydrogen) atoms. The van der Waals surface area contributed by atoms with Crippen LogP contribution in [0.5, 0.6) is 5.75 Å². The summed E-state index contributed by atoms with van der Waals surface area (Å²) in [5, 5.41) is -0.0571. The fourth-order valence-corrected chi connectivity index (χ4v) is 14.7. The van der Waals surface area contributed by atoms with Gasteiger partial charge in [-0.05, 0) is 93.1 Å². The Hall–Kier alpha value is -2.40. The van der Waals surface area contributed by atoms with Crippen LogP contribution in [0.3, 0.4) is 0 Å². The molecule has 21 atom stereocenters. The number of nitrogens with two attached hydrogens (primary N) is 1. The third-order valence-corrected chi connectivity index (χ3v) is 23.0. The highest BCUT2D eigenvalue weighted by Gasteiger charge is 2.74. The largest absolute Gasteiger partial charge is 0.497 e. The molecule has 2 N–H and O–H groups in total. The minimum absolute atomic E-state index is 0.00931. The van der Waals surface area contributed by atoms with Gasteiger partial charge in [-0.1, -0.05) is 53.3 Å². The standard InChI is InChI=1S/C56H85NO16Si/c1-11-37-32(3)25-36(64-37)20-22-55-30-63-42-29-45(51(71-55)56(61-8)53(55)70-52(72-56)33-14-16-34(60-7)17-15-33)66-39-19-18-35(65-48(39)42)26-46(59)69-50-43(27-40-31(2)13-12-24-62-40)67-44-28-41(73-74(9,10)54(4,5)6)38(21-23-58)68-49(44)47(50)57/h14-17,23,32,35-45,47-53H,2,11-13,18-22,24-30,57H2,1,3-10H3/t32?,35?,36?,37?,38?,39?,40-,41?,42-,43+,44+,45?,47+,48+,49-,50?,51?,52?,53?,55?,56-/m1/s1. The molecule has 414 valence electrons. The number of benzene rings is 1. The molecule has 0 radical (unpaired) electrons. The number of esters is 1. The number of fused-ring (bicyclic) bond motifs is 11. The topological polar surface area (TPSA) is 189 Å². The molecule has 0 saturated carbocycles. The van der Waals surface area contributed by atoms with Crippen LogP contribution in [-0.4, -0.2) is 163 Å². The smallest absolute Gasteiger partial charge is 0.308 e. The third-order valence-electron chi connectivity index (χ3n) is 18.5. The van der Waals surface area contributed by atoms with Crippen LogP contribution < -0.4 is 10.5 Å². The van der Waals surface area contributed by atoms with Crippen LogP contribution in [-0.2, 0) is 70.9 Å². The summed E-state index contributed by atoms with van der Waals surface area (Å²) >= 11 is 0. The molecule has 1 aromatic rings. The van der Waals surface area contributed by atoms with Crippen LogP contribution in [0.25, 0.3) is 0 Å². The minimum atomic E-state index is -2.26. The lowest BCUT2D eigenvalue weighted by atomic mass is 9.84. The van der Waals surface area contributed by atoms with E-state index in [0.717, 1.165) is 55.3 Å². The molecular weight excluding hydrogens is 971 g/mol. The molecule has 13 unspecified atom stereocenters. The molecule has 18 heteroatoms. The van der Waals surface area contributed by atoms with Crippen molar-refractivity contribution in [1.82, 2.24) is 0 Å². The van der Waals surface area contributed by atoms with E-state index in [0.29, 0.717) is 51.0 Å². The van der Waals surface area contributed by atoms with Gasteiger partial charge >= 0.3 is 5.97 Å². The summed E-state index contributed by atoms with van der Waals surface area (Å²) in [5.41, 5.74) is 8.00. The van der Waals surface area contributed by atoms with Crippen molar-refractivity contribution in [2.24, 2.45) is 11.7 Å². The van der Waals surface area contributed by atoms with Crippen molar-refractivity contribution < 1.29 is 75.6 Å². The molecule has 17 nitrogen and oxygen atoms in total. The van der Waals surface area contributed by atoms with Crippen molar-refractivity contribution in [1.29, 1.82) is 0 Å². The molecule has 1 aromatic carbocycles. The first-order chi connectivity index (χ1) is 35.4. The lowest BCUT2D eigenvalue weighted by Gasteiger charge is -2.52. The van der Waals surface area contributed by atoms with Gasteiger partial charge in [0.15, 0.2) is 14.6 Å². The number of rotatable bonds is 16. The Bertz CT molecular complexity index is 2120. The second kappa shape index (κ2) is 22.0. The van der Waals surface area contributed by atoms with Gasteiger partial charge in [0, 0.05) is 45.0 Å². The summed E-state index contributed by atoms with van der Waals surface area (Å²) in [4.78, 5) is 26.4. The normalized spacial score (nSPS) is 44.1. The number of aldehydes is 1. The van der Waals surface area contributed by atoms with Crippen molar-refractivity contribution in [3.05, 3.63) is 42.0 Å². The summed E-state index contributed by atoms with van der Waals surface area (Å²) < 4.78 is 93.7. The number of hydrogen-bond donors (Lipinski definition) is 1. The highest BCUT2D eigenvalue weighted by molar-refractivity contribution is 6.74. The zero-order chi connectivity index (χ0) is 52.3. The number of ether oxygens (including phenoxy) is 13. The van der Waals surface area contributed by atoms with Crippen LogP contribution in [0.1, 0.15) is 130 Å². The highest BCUT2D eigenvalue weighted by Crippen LogP contribution is 2.58. The zero-order valence-corrected chi connectivity index (χ0v) is 46.3. The maximum absolute atomic E-state index is 14.3. The SMILES string of the molecule is C=C1CCCO[C@@H]1C[C@@H]1O[C@H]2CC(O[Si](C)(C)C(C)(C)C)C(CC=O)O[C@H]2[C@H](N)C1OC(=O)CC1CCC2OC3C[C@@H](OCC4(CCC5CC(C)C(CC)O5)OC3[C@@]3(OC)OC(c5ccc(OC)cc5)OC43)[C@H]2O1. The molecule has 0 aromatic heterocycles. The first-order valence-corrected chi connectivity index (χ1v) is 30.7. The Morgan fingerprint density at radius 2 is 1.69 bits per heavy atom. The molecular formula is C56H85NO16Si. The van der Waals surface area contributed by atoms with E-state index in [9.17, 15) is 9.59 Å².